The number of rotatable bonds is 4. The molecule has 1 saturated carbocycles. The Labute approximate surface area is 182 Å². The lowest BCUT2D eigenvalue weighted by molar-refractivity contribution is -0.123. The average molecular weight is 466 g/mol. The molecule has 0 spiro atoms. The Kier molecular flexibility index (Phi) is 4.62. The molecule has 3 aliphatic rings. The molecule has 1 aliphatic heterocycles. The highest BCUT2D eigenvalue weighted by Crippen LogP contribution is 2.55. The first-order valence-electron chi connectivity index (χ1n) is 10.0. The third-order valence-corrected chi connectivity index (χ3v) is 7.05. The first-order chi connectivity index (χ1) is 14.4. The summed E-state index contributed by atoms with van der Waals surface area (Å²) in [4.78, 5) is 39.6. The largest absolute Gasteiger partial charge is 0.457 e. The highest BCUT2D eigenvalue weighted by atomic mass is 79.9. The van der Waals surface area contributed by atoms with Gasteiger partial charge in [0.2, 0.25) is 11.8 Å². The van der Waals surface area contributed by atoms with Gasteiger partial charge in [-0.05, 0) is 67.1 Å². The van der Waals surface area contributed by atoms with Crippen LogP contribution in [0.1, 0.15) is 29.3 Å². The van der Waals surface area contributed by atoms with Crippen LogP contribution >= 0.6 is 15.9 Å². The number of amides is 2. The maximum Gasteiger partial charge on any atom is 0.338 e. The van der Waals surface area contributed by atoms with Crippen molar-refractivity contribution in [2.24, 2.45) is 23.7 Å². The van der Waals surface area contributed by atoms with Crippen LogP contribution in [-0.4, -0.2) is 17.8 Å². The lowest BCUT2D eigenvalue weighted by atomic mass is 9.82. The van der Waals surface area contributed by atoms with Gasteiger partial charge in [-0.2, -0.15) is 0 Å². The van der Waals surface area contributed by atoms with Crippen LogP contribution in [0.5, 0.6) is 0 Å². The Bertz CT molecular complexity index is 1070. The summed E-state index contributed by atoms with van der Waals surface area (Å²) in [5.41, 5.74) is 3.02. The number of carbonyl (C=O) groups excluding carboxylic acids is 3. The maximum atomic E-state index is 13.0. The van der Waals surface area contributed by atoms with Gasteiger partial charge in [0.15, 0.2) is 0 Å². The highest BCUT2D eigenvalue weighted by Gasteiger charge is 2.60. The Morgan fingerprint density at radius 3 is 2.40 bits per heavy atom. The van der Waals surface area contributed by atoms with Gasteiger partial charge in [-0.15, -0.1) is 0 Å². The van der Waals surface area contributed by atoms with Gasteiger partial charge < -0.3 is 4.74 Å². The molecule has 2 aliphatic carbocycles. The van der Waals surface area contributed by atoms with Crippen molar-refractivity contribution in [1.82, 2.24) is 0 Å². The third kappa shape index (κ3) is 3.01. The van der Waals surface area contributed by atoms with Crippen LogP contribution < -0.4 is 4.90 Å². The molecule has 152 valence electrons. The summed E-state index contributed by atoms with van der Waals surface area (Å²) in [6, 6.07) is 14.0. The van der Waals surface area contributed by atoms with Gasteiger partial charge >= 0.3 is 5.97 Å². The van der Waals surface area contributed by atoms with Crippen molar-refractivity contribution in [3.05, 3.63) is 75.8 Å². The summed E-state index contributed by atoms with van der Waals surface area (Å²) in [6.45, 7) is 2.23. The van der Waals surface area contributed by atoms with Gasteiger partial charge in [-0.25, -0.2) is 4.79 Å². The Morgan fingerprint density at radius 1 is 1.03 bits per heavy atom. The topological polar surface area (TPSA) is 63.7 Å². The van der Waals surface area contributed by atoms with E-state index in [1.807, 2.05) is 24.3 Å². The number of halogens is 1. The van der Waals surface area contributed by atoms with E-state index in [9.17, 15) is 14.4 Å². The number of hydrogen-bond acceptors (Lipinski definition) is 4. The first kappa shape index (κ1) is 19.2. The summed E-state index contributed by atoms with van der Waals surface area (Å²) in [5, 5.41) is 0. The van der Waals surface area contributed by atoms with Gasteiger partial charge in [0.25, 0.3) is 0 Å². The van der Waals surface area contributed by atoms with E-state index in [0.717, 1.165) is 16.5 Å². The van der Waals surface area contributed by atoms with Crippen molar-refractivity contribution in [2.75, 3.05) is 4.90 Å². The number of fused-ring (bicyclic) bond motifs is 5. The number of carbonyl (C=O) groups is 3. The van der Waals surface area contributed by atoms with E-state index in [1.165, 1.54) is 10.5 Å². The number of nitrogens with zero attached hydrogens (tertiary/aromatic N) is 1. The molecule has 30 heavy (non-hydrogen) atoms. The molecular formula is C24H20BrNO4. The molecule has 5 nitrogen and oxygen atoms in total. The summed E-state index contributed by atoms with van der Waals surface area (Å²) in [7, 11) is 0. The van der Waals surface area contributed by atoms with E-state index in [2.05, 4.69) is 28.9 Å². The molecule has 0 N–H and O–H groups in total. The minimum Gasteiger partial charge on any atom is -0.457 e. The van der Waals surface area contributed by atoms with Crippen LogP contribution in [-0.2, 0) is 20.9 Å². The van der Waals surface area contributed by atoms with Crippen molar-refractivity contribution >= 4 is 39.4 Å². The van der Waals surface area contributed by atoms with E-state index in [1.54, 1.807) is 24.3 Å². The third-order valence-electron chi connectivity index (χ3n) is 6.53. The highest BCUT2D eigenvalue weighted by molar-refractivity contribution is 9.10. The van der Waals surface area contributed by atoms with E-state index in [4.69, 9.17) is 4.74 Å². The fourth-order valence-corrected chi connectivity index (χ4v) is 5.35. The summed E-state index contributed by atoms with van der Waals surface area (Å²) in [5.74, 6) is -0.783. The summed E-state index contributed by atoms with van der Waals surface area (Å²) >= 11 is 3.37. The van der Waals surface area contributed by atoms with E-state index < -0.39 is 5.97 Å². The molecule has 2 fully saturated rings. The van der Waals surface area contributed by atoms with Crippen LogP contribution in [0.15, 0.2) is 64.7 Å². The van der Waals surface area contributed by atoms with Crippen molar-refractivity contribution in [3.63, 3.8) is 0 Å². The van der Waals surface area contributed by atoms with Crippen molar-refractivity contribution < 1.29 is 19.1 Å². The monoisotopic (exact) mass is 465 g/mol. The molecule has 0 aromatic heterocycles. The van der Waals surface area contributed by atoms with Crippen LogP contribution in [0, 0.1) is 23.7 Å². The molecule has 5 rings (SSSR count). The summed E-state index contributed by atoms with van der Waals surface area (Å²) < 4.78 is 6.32. The van der Waals surface area contributed by atoms with Crippen molar-refractivity contribution in [3.8, 4) is 0 Å². The van der Waals surface area contributed by atoms with Crippen molar-refractivity contribution in [2.45, 2.75) is 20.0 Å². The minimum absolute atomic E-state index is 0.115. The second-order valence-electron chi connectivity index (χ2n) is 8.23. The molecule has 2 aromatic rings. The van der Waals surface area contributed by atoms with Crippen LogP contribution in [0.2, 0.25) is 0 Å². The van der Waals surface area contributed by atoms with Crippen LogP contribution in [0.4, 0.5) is 5.69 Å². The zero-order chi connectivity index (χ0) is 21.0. The number of imide groups is 1. The van der Waals surface area contributed by atoms with Crippen LogP contribution in [0.3, 0.4) is 0 Å². The molecule has 2 aromatic carbocycles. The van der Waals surface area contributed by atoms with Gasteiger partial charge in [0, 0.05) is 4.47 Å². The minimum atomic E-state index is -0.446. The maximum absolute atomic E-state index is 13.0. The van der Waals surface area contributed by atoms with Gasteiger partial charge in [-0.1, -0.05) is 39.7 Å². The zero-order valence-electron chi connectivity index (χ0n) is 16.4. The molecule has 0 radical (unpaired) electrons. The molecule has 6 heteroatoms. The molecule has 1 saturated heterocycles. The number of anilines is 1. The molecule has 2 bridgehead atoms. The summed E-state index contributed by atoms with van der Waals surface area (Å²) in [6.07, 6.45) is 3.07. The normalized spacial score (nSPS) is 26.7. The molecule has 0 unspecified atom stereocenters. The van der Waals surface area contributed by atoms with E-state index in [0.29, 0.717) is 11.3 Å². The first-order valence-corrected chi connectivity index (χ1v) is 10.8. The second kappa shape index (κ2) is 7.20. The number of allylic oxidation sites excluding steroid dienone is 2. The lowest BCUT2D eigenvalue weighted by Crippen LogP contribution is -2.32. The molecule has 4 atom stereocenters. The Hall–Kier alpha value is -2.73. The fourth-order valence-electron chi connectivity index (χ4n) is 5.09. The van der Waals surface area contributed by atoms with Gasteiger partial charge in [-0.3, -0.25) is 14.5 Å². The van der Waals surface area contributed by atoms with E-state index in [-0.39, 0.29) is 42.1 Å². The fraction of sp³-hybridized carbons (Fsp3) is 0.292. The molecule has 2 amide bonds. The lowest BCUT2D eigenvalue weighted by Gasteiger charge is -2.19. The smallest absolute Gasteiger partial charge is 0.338 e. The number of hydrogen-bond donors (Lipinski definition) is 0. The van der Waals surface area contributed by atoms with Gasteiger partial charge in [0.1, 0.15) is 6.61 Å². The Balaban J connectivity index is 1.28. The standard InChI is InChI=1S/C24H20BrNO4/c1-13-10-16-11-19(13)21-20(16)22(27)26(23(21)28)18-8-4-15(5-9-18)24(29)30-12-14-2-6-17(25)7-3-14/h2-10,16,19-21H,11-12H2,1H3/t16-,19-,20-,21-/m1/s1. The second-order valence-corrected chi connectivity index (χ2v) is 9.15. The van der Waals surface area contributed by atoms with Crippen molar-refractivity contribution in [1.29, 1.82) is 0 Å². The number of esters is 1. The average Bonchev–Trinajstić information content (AvgIpc) is 3.38. The SMILES string of the molecule is CC1=C[C@@H]2C[C@H]1[C@H]1C(=O)N(c3ccc(C(=O)OCc4ccc(Br)cc4)cc3)C(=O)[C@@H]12. The zero-order valence-corrected chi connectivity index (χ0v) is 18.0. The predicted octanol–water partition coefficient (Wildman–Crippen LogP) is 4.51. The Morgan fingerprint density at radius 2 is 1.70 bits per heavy atom. The van der Waals surface area contributed by atoms with Crippen LogP contribution in [0.25, 0.3) is 0 Å². The van der Waals surface area contributed by atoms with E-state index >= 15 is 0 Å². The molecule has 1 heterocycles. The number of ether oxygens (including phenoxy) is 1. The van der Waals surface area contributed by atoms with Gasteiger partial charge in [0.05, 0.1) is 23.1 Å². The predicted molar refractivity (Wildman–Crippen MR) is 115 cm³/mol. The number of benzene rings is 2. The quantitative estimate of drug-likeness (QED) is 0.378. The molecular weight excluding hydrogens is 446 g/mol.